The van der Waals surface area contributed by atoms with Crippen LogP contribution in [0.3, 0.4) is 0 Å². The van der Waals surface area contributed by atoms with Gasteiger partial charge in [-0.3, -0.25) is 9.59 Å². The summed E-state index contributed by atoms with van der Waals surface area (Å²) >= 11 is 0. The van der Waals surface area contributed by atoms with Gasteiger partial charge in [-0.05, 0) is 24.5 Å². The van der Waals surface area contributed by atoms with E-state index in [0.29, 0.717) is 12.5 Å². The van der Waals surface area contributed by atoms with Crippen molar-refractivity contribution in [2.45, 2.75) is 31.4 Å². The molecule has 0 saturated heterocycles. The molecular formula is C15H18N2O3. The fourth-order valence-electron chi connectivity index (χ4n) is 2.36. The molecule has 1 fully saturated rings. The van der Waals surface area contributed by atoms with E-state index in [1.165, 1.54) is 4.90 Å². The van der Waals surface area contributed by atoms with Crippen molar-refractivity contribution in [3.63, 3.8) is 0 Å². The van der Waals surface area contributed by atoms with Gasteiger partial charge in [-0.1, -0.05) is 18.2 Å². The Labute approximate surface area is 117 Å². The highest BCUT2D eigenvalue weighted by Gasteiger charge is 2.32. The van der Waals surface area contributed by atoms with Gasteiger partial charge in [0.15, 0.2) is 6.10 Å². The molecule has 5 heteroatoms. The summed E-state index contributed by atoms with van der Waals surface area (Å²) < 4.78 is 5.64. The summed E-state index contributed by atoms with van der Waals surface area (Å²) in [6.45, 7) is 0.0888. The molecule has 20 heavy (non-hydrogen) atoms. The first-order chi connectivity index (χ1) is 9.63. The van der Waals surface area contributed by atoms with Gasteiger partial charge in [-0.2, -0.15) is 0 Å². The molecule has 2 aliphatic rings. The highest BCUT2D eigenvalue weighted by atomic mass is 16.5. The van der Waals surface area contributed by atoms with E-state index in [4.69, 9.17) is 4.74 Å². The Morgan fingerprint density at radius 2 is 2.10 bits per heavy atom. The Morgan fingerprint density at radius 3 is 2.80 bits per heavy atom. The largest absolute Gasteiger partial charge is 0.480 e. The van der Waals surface area contributed by atoms with Crippen molar-refractivity contribution in [3.05, 3.63) is 29.8 Å². The highest BCUT2D eigenvalue weighted by Crippen LogP contribution is 2.28. The Balaban J connectivity index is 1.55. The maximum absolute atomic E-state index is 12.3. The number of likely N-dealkylation sites (N-methyl/N-ethyl adjacent to an activating group) is 1. The summed E-state index contributed by atoms with van der Waals surface area (Å²) in [5.74, 6) is 0.521. The summed E-state index contributed by atoms with van der Waals surface area (Å²) in [4.78, 5) is 25.4. The van der Waals surface area contributed by atoms with Crippen molar-refractivity contribution in [2.75, 3.05) is 13.6 Å². The molecule has 0 radical (unpaired) electrons. The predicted octanol–water partition coefficient (Wildman–Crippen LogP) is 0.727. The SMILES string of the molecule is CN(CC(=O)NC1CC1)C(=O)C1Cc2ccccc2O1. The Kier molecular flexibility index (Phi) is 3.34. The lowest BCUT2D eigenvalue weighted by Gasteiger charge is -2.20. The lowest BCUT2D eigenvalue weighted by molar-refractivity contribution is -0.140. The van der Waals surface area contributed by atoms with Gasteiger partial charge in [-0.25, -0.2) is 0 Å². The van der Waals surface area contributed by atoms with Crippen LogP contribution < -0.4 is 10.1 Å². The van der Waals surface area contributed by atoms with Crippen LogP contribution in [-0.4, -0.2) is 42.5 Å². The van der Waals surface area contributed by atoms with Crippen LogP contribution in [0.25, 0.3) is 0 Å². The molecule has 1 heterocycles. The zero-order chi connectivity index (χ0) is 14.1. The second-order valence-corrected chi connectivity index (χ2v) is 5.45. The Morgan fingerprint density at radius 1 is 1.35 bits per heavy atom. The molecule has 1 aromatic rings. The van der Waals surface area contributed by atoms with E-state index in [1.54, 1.807) is 7.05 Å². The molecule has 3 rings (SSSR count). The predicted molar refractivity (Wildman–Crippen MR) is 73.4 cm³/mol. The van der Waals surface area contributed by atoms with E-state index >= 15 is 0 Å². The molecule has 1 atom stereocenters. The number of rotatable bonds is 4. The molecule has 1 aliphatic heterocycles. The van der Waals surface area contributed by atoms with E-state index < -0.39 is 6.10 Å². The lowest BCUT2D eigenvalue weighted by atomic mass is 10.1. The van der Waals surface area contributed by atoms with E-state index in [9.17, 15) is 9.59 Å². The van der Waals surface area contributed by atoms with Crippen molar-refractivity contribution >= 4 is 11.8 Å². The van der Waals surface area contributed by atoms with Crippen molar-refractivity contribution in [2.24, 2.45) is 0 Å². The summed E-state index contributed by atoms with van der Waals surface area (Å²) in [6, 6.07) is 7.96. The standard InChI is InChI=1S/C15H18N2O3/c1-17(9-14(18)16-11-6-7-11)15(19)13-8-10-4-2-3-5-12(10)20-13/h2-5,11,13H,6-9H2,1H3,(H,16,18). The number of nitrogens with one attached hydrogen (secondary N) is 1. The highest BCUT2D eigenvalue weighted by molar-refractivity contribution is 5.87. The zero-order valence-corrected chi connectivity index (χ0v) is 11.5. The fourth-order valence-corrected chi connectivity index (χ4v) is 2.36. The summed E-state index contributed by atoms with van der Waals surface area (Å²) in [7, 11) is 1.64. The molecule has 106 valence electrons. The normalized spacial score (nSPS) is 19.9. The molecule has 1 saturated carbocycles. The number of fused-ring (bicyclic) bond motifs is 1. The van der Waals surface area contributed by atoms with Crippen LogP contribution in [0.5, 0.6) is 5.75 Å². The van der Waals surface area contributed by atoms with Gasteiger partial charge in [0, 0.05) is 19.5 Å². The Bertz CT molecular complexity index is 515. The van der Waals surface area contributed by atoms with E-state index in [0.717, 1.165) is 24.2 Å². The number of amides is 2. The molecule has 5 nitrogen and oxygen atoms in total. The van der Waals surface area contributed by atoms with E-state index in [-0.39, 0.29) is 18.4 Å². The van der Waals surface area contributed by atoms with Crippen molar-refractivity contribution in [1.29, 1.82) is 0 Å². The number of benzene rings is 1. The van der Waals surface area contributed by atoms with Crippen LogP contribution in [0, 0.1) is 0 Å². The minimum atomic E-state index is -0.508. The molecular weight excluding hydrogens is 256 g/mol. The van der Waals surface area contributed by atoms with Crippen LogP contribution in [-0.2, 0) is 16.0 Å². The minimum absolute atomic E-state index is 0.0888. The van der Waals surface area contributed by atoms with Crippen molar-refractivity contribution in [3.8, 4) is 5.75 Å². The van der Waals surface area contributed by atoms with Crippen LogP contribution >= 0.6 is 0 Å². The van der Waals surface area contributed by atoms with E-state index in [2.05, 4.69) is 5.32 Å². The molecule has 1 N–H and O–H groups in total. The van der Waals surface area contributed by atoms with Crippen LogP contribution in [0.4, 0.5) is 0 Å². The monoisotopic (exact) mass is 274 g/mol. The average molecular weight is 274 g/mol. The topological polar surface area (TPSA) is 58.6 Å². The number of carbonyl (C=O) groups excluding carboxylic acids is 2. The molecule has 1 unspecified atom stereocenters. The van der Waals surface area contributed by atoms with Gasteiger partial charge < -0.3 is 15.0 Å². The smallest absolute Gasteiger partial charge is 0.264 e. The van der Waals surface area contributed by atoms with Gasteiger partial charge in [0.1, 0.15) is 5.75 Å². The number of carbonyl (C=O) groups is 2. The molecule has 1 aliphatic carbocycles. The van der Waals surface area contributed by atoms with Crippen LogP contribution in [0.2, 0.25) is 0 Å². The van der Waals surface area contributed by atoms with E-state index in [1.807, 2.05) is 24.3 Å². The van der Waals surface area contributed by atoms with Gasteiger partial charge in [0.25, 0.3) is 5.91 Å². The number of hydrogen-bond acceptors (Lipinski definition) is 3. The number of ether oxygens (including phenoxy) is 1. The molecule has 1 aromatic carbocycles. The third-order valence-corrected chi connectivity index (χ3v) is 3.62. The average Bonchev–Trinajstić information content (AvgIpc) is 3.12. The lowest BCUT2D eigenvalue weighted by Crippen LogP contribution is -2.44. The maximum Gasteiger partial charge on any atom is 0.264 e. The number of para-hydroxylation sites is 1. The third-order valence-electron chi connectivity index (χ3n) is 3.62. The van der Waals surface area contributed by atoms with Gasteiger partial charge in [0.05, 0.1) is 6.54 Å². The zero-order valence-electron chi connectivity index (χ0n) is 11.5. The minimum Gasteiger partial charge on any atom is -0.480 e. The van der Waals surface area contributed by atoms with Crippen molar-refractivity contribution < 1.29 is 14.3 Å². The van der Waals surface area contributed by atoms with Gasteiger partial charge in [-0.15, -0.1) is 0 Å². The second kappa shape index (κ2) is 5.15. The van der Waals surface area contributed by atoms with Crippen molar-refractivity contribution in [1.82, 2.24) is 10.2 Å². The summed E-state index contributed by atoms with van der Waals surface area (Å²) in [5.41, 5.74) is 1.04. The first kappa shape index (κ1) is 13.0. The van der Waals surface area contributed by atoms with Gasteiger partial charge in [0.2, 0.25) is 5.91 Å². The molecule has 0 bridgehead atoms. The summed E-state index contributed by atoms with van der Waals surface area (Å²) in [6.07, 6.45) is 2.16. The third kappa shape index (κ3) is 2.76. The number of nitrogens with zero attached hydrogens (tertiary/aromatic N) is 1. The van der Waals surface area contributed by atoms with Gasteiger partial charge >= 0.3 is 0 Å². The Hall–Kier alpha value is -2.04. The summed E-state index contributed by atoms with van der Waals surface area (Å²) in [5, 5.41) is 2.87. The quantitative estimate of drug-likeness (QED) is 0.880. The first-order valence-electron chi connectivity index (χ1n) is 6.92. The molecule has 2 amide bonds. The number of hydrogen-bond donors (Lipinski definition) is 1. The first-order valence-corrected chi connectivity index (χ1v) is 6.92. The molecule has 0 aromatic heterocycles. The molecule has 0 spiro atoms. The second-order valence-electron chi connectivity index (χ2n) is 5.45. The van der Waals surface area contributed by atoms with Crippen LogP contribution in [0.15, 0.2) is 24.3 Å². The maximum atomic E-state index is 12.3. The van der Waals surface area contributed by atoms with Crippen LogP contribution in [0.1, 0.15) is 18.4 Å². The fraction of sp³-hybridized carbons (Fsp3) is 0.467.